The molecule has 0 fully saturated rings. The van der Waals surface area contributed by atoms with E-state index in [0.29, 0.717) is 16.8 Å². The molecule has 1 aromatic heterocycles. The van der Waals surface area contributed by atoms with Crippen molar-refractivity contribution < 1.29 is 27.5 Å². The summed E-state index contributed by atoms with van der Waals surface area (Å²) in [6.07, 6.45) is -4.52. The molecule has 0 radical (unpaired) electrons. The summed E-state index contributed by atoms with van der Waals surface area (Å²) in [7, 11) is 0. The Morgan fingerprint density at radius 3 is 2.54 bits per heavy atom. The van der Waals surface area contributed by atoms with Crippen molar-refractivity contribution >= 4 is 22.8 Å². The van der Waals surface area contributed by atoms with Crippen molar-refractivity contribution in [2.45, 2.75) is 20.0 Å². The Bertz CT molecular complexity index is 788. The molecule has 0 atom stereocenters. The maximum atomic E-state index is 12.2. The molecule has 1 N–H and O–H groups in total. The van der Waals surface area contributed by atoms with Crippen molar-refractivity contribution in [2.75, 3.05) is 13.2 Å². The molecule has 0 saturated carbocycles. The number of esters is 1. The molecular formula is C16H15F3N2O3. The zero-order valence-electron chi connectivity index (χ0n) is 13.0. The minimum atomic E-state index is -4.52. The number of nitrogens with zero attached hydrogens (tertiary/aromatic N) is 1. The molecule has 0 aliphatic rings. The molecule has 0 saturated heterocycles. The van der Waals surface area contributed by atoms with Gasteiger partial charge in [-0.15, -0.1) is 0 Å². The number of hydrogen-bond donors (Lipinski definition) is 1. The number of fused-ring (bicyclic) bond motifs is 1. The smallest absolute Gasteiger partial charge is 0.405 e. The number of aryl methyl sites for hydroxylation is 2. The standard InChI is InChI=1S/C16H15F3N2O3/c1-9-11-5-3-4-6-12(11)21-10(2)14(9)15(23)24-7-13(22)20-8-16(17,18)19/h3-6H,7-8H2,1-2H3,(H,20,22). The average Bonchev–Trinajstić information content (AvgIpc) is 2.50. The van der Waals surface area contributed by atoms with Crippen molar-refractivity contribution in [3.8, 4) is 0 Å². The summed E-state index contributed by atoms with van der Waals surface area (Å²) < 4.78 is 40.8. The highest BCUT2D eigenvalue weighted by Gasteiger charge is 2.28. The highest BCUT2D eigenvalue weighted by molar-refractivity contribution is 5.99. The molecular weight excluding hydrogens is 325 g/mol. The number of rotatable bonds is 4. The zero-order chi connectivity index (χ0) is 17.9. The maximum Gasteiger partial charge on any atom is 0.405 e. The fourth-order valence-electron chi connectivity index (χ4n) is 2.28. The molecule has 5 nitrogen and oxygen atoms in total. The highest BCUT2D eigenvalue weighted by Crippen LogP contribution is 2.23. The number of carbonyl (C=O) groups excluding carboxylic acids is 2. The van der Waals surface area contributed by atoms with Crippen molar-refractivity contribution in [1.29, 1.82) is 0 Å². The van der Waals surface area contributed by atoms with Gasteiger partial charge in [0, 0.05) is 5.39 Å². The number of amides is 1. The summed E-state index contributed by atoms with van der Waals surface area (Å²) in [5, 5.41) is 2.39. The van der Waals surface area contributed by atoms with Gasteiger partial charge in [0.15, 0.2) is 6.61 Å². The van der Waals surface area contributed by atoms with Gasteiger partial charge in [-0.05, 0) is 25.5 Å². The first-order valence-corrected chi connectivity index (χ1v) is 7.05. The number of ether oxygens (including phenoxy) is 1. The van der Waals surface area contributed by atoms with Gasteiger partial charge in [0.25, 0.3) is 5.91 Å². The molecule has 2 rings (SSSR count). The molecule has 24 heavy (non-hydrogen) atoms. The molecule has 0 aliphatic heterocycles. The molecule has 0 bridgehead atoms. The first-order chi connectivity index (χ1) is 11.2. The second-order valence-electron chi connectivity index (χ2n) is 5.18. The molecule has 2 aromatic rings. The number of para-hydroxylation sites is 1. The van der Waals surface area contributed by atoms with Crippen LogP contribution in [0.25, 0.3) is 10.9 Å². The van der Waals surface area contributed by atoms with Crippen LogP contribution in [0.5, 0.6) is 0 Å². The average molecular weight is 340 g/mol. The summed E-state index contributed by atoms with van der Waals surface area (Å²) in [6.45, 7) is 1.08. The van der Waals surface area contributed by atoms with E-state index in [0.717, 1.165) is 5.39 Å². The van der Waals surface area contributed by atoms with Gasteiger partial charge in [0.05, 0.1) is 16.8 Å². The maximum absolute atomic E-state index is 12.2. The first kappa shape index (κ1) is 17.7. The van der Waals surface area contributed by atoms with Crippen LogP contribution >= 0.6 is 0 Å². The lowest BCUT2D eigenvalue weighted by Crippen LogP contribution is -2.36. The molecule has 128 valence electrons. The van der Waals surface area contributed by atoms with Gasteiger partial charge in [-0.2, -0.15) is 13.2 Å². The van der Waals surface area contributed by atoms with Crippen molar-refractivity contribution in [1.82, 2.24) is 10.3 Å². The minimum Gasteiger partial charge on any atom is -0.452 e. The number of pyridine rings is 1. The Morgan fingerprint density at radius 1 is 1.21 bits per heavy atom. The van der Waals surface area contributed by atoms with Crippen LogP contribution in [0.2, 0.25) is 0 Å². The predicted molar refractivity (Wildman–Crippen MR) is 80.6 cm³/mol. The lowest BCUT2D eigenvalue weighted by Gasteiger charge is -2.12. The van der Waals surface area contributed by atoms with Crippen molar-refractivity contribution in [3.63, 3.8) is 0 Å². The Kier molecular flexibility index (Phi) is 5.06. The van der Waals surface area contributed by atoms with E-state index in [4.69, 9.17) is 4.74 Å². The van der Waals surface area contributed by atoms with Crippen LogP contribution in [0.15, 0.2) is 24.3 Å². The van der Waals surface area contributed by atoms with Crippen LogP contribution in [0.1, 0.15) is 21.6 Å². The second kappa shape index (κ2) is 6.86. The van der Waals surface area contributed by atoms with E-state index in [2.05, 4.69) is 4.98 Å². The number of benzene rings is 1. The van der Waals surface area contributed by atoms with E-state index in [1.54, 1.807) is 37.4 Å². The van der Waals surface area contributed by atoms with Crippen LogP contribution in [-0.2, 0) is 9.53 Å². The molecule has 0 aliphatic carbocycles. The third kappa shape index (κ3) is 4.21. The number of nitrogens with one attached hydrogen (secondary N) is 1. The quantitative estimate of drug-likeness (QED) is 0.869. The van der Waals surface area contributed by atoms with Crippen LogP contribution in [0.3, 0.4) is 0 Å². The number of carbonyl (C=O) groups is 2. The van der Waals surface area contributed by atoms with Crippen molar-refractivity contribution in [2.24, 2.45) is 0 Å². The third-order valence-corrected chi connectivity index (χ3v) is 3.36. The largest absolute Gasteiger partial charge is 0.452 e. The molecule has 1 amide bonds. The van der Waals surface area contributed by atoms with E-state index in [-0.39, 0.29) is 5.56 Å². The fraction of sp³-hybridized carbons (Fsp3) is 0.312. The van der Waals surface area contributed by atoms with Gasteiger partial charge < -0.3 is 10.1 Å². The Balaban J connectivity index is 2.10. The van der Waals surface area contributed by atoms with Gasteiger partial charge in [-0.1, -0.05) is 18.2 Å². The summed E-state index contributed by atoms with van der Waals surface area (Å²) in [4.78, 5) is 27.8. The summed E-state index contributed by atoms with van der Waals surface area (Å²) >= 11 is 0. The molecule has 0 spiro atoms. The van der Waals surface area contributed by atoms with E-state index in [1.807, 2.05) is 6.07 Å². The van der Waals surface area contributed by atoms with Crippen LogP contribution in [0, 0.1) is 13.8 Å². The van der Waals surface area contributed by atoms with Crippen LogP contribution in [0.4, 0.5) is 13.2 Å². The molecule has 1 aromatic carbocycles. The normalized spacial score (nSPS) is 11.4. The summed E-state index contributed by atoms with van der Waals surface area (Å²) in [5.41, 5.74) is 1.98. The van der Waals surface area contributed by atoms with E-state index in [1.165, 1.54) is 0 Å². The number of halogens is 3. The molecule has 0 unspecified atom stereocenters. The Hall–Kier alpha value is -2.64. The van der Waals surface area contributed by atoms with E-state index < -0.39 is 31.2 Å². The fourth-order valence-corrected chi connectivity index (χ4v) is 2.28. The summed E-state index contributed by atoms with van der Waals surface area (Å²) in [6, 6.07) is 7.21. The minimum absolute atomic E-state index is 0.206. The summed E-state index contributed by atoms with van der Waals surface area (Å²) in [5.74, 6) is -1.82. The number of aromatic nitrogens is 1. The van der Waals surface area contributed by atoms with Gasteiger partial charge in [-0.3, -0.25) is 9.78 Å². The second-order valence-corrected chi connectivity index (χ2v) is 5.18. The SMILES string of the molecule is Cc1nc2ccccc2c(C)c1C(=O)OCC(=O)NCC(F)(F)F. The van der Waals surface area contributed by atoms with Crippen LogP contribution in [-0.4, -0.2) is 36.2 Å². The first-order valence-electron chi connectivity index (χ1n) is 7.05. The van der Waals surface area contributed by atoms with Gasteiger partial charge in [0.1, 0.15) is 6.54 Å². The van der Waals surface area contributed by atoms with Crippen LogP contribution < -0.4 is 5.32 Å². The monoisotopic (exact) mass is 340 g/mol. The number of alkyl halides is 3. The van der Waals surface area contributed by atoms with Gasteiger partial charge >= 0.3 is 12.1 Å². The zero-order valence-corrected chi connectivity index (χ0v) is 13.0. The predicted octanol–water partition coefficient (Wildman–Crippen LogP) is 2.69. The topological polar surface area (TPSA) is 68.3 Å². The van der Waals surface area contributed by atoms with Gasteiger partial charge in [-0.25, -0.2) is 4.79 Å². The lowest BCUT2D eigenvalue weighted by molar-refractivity contribution is -0.140. The third-order valence-electron chi connectivity index (χ3n) is 3.36. The van der Waals surface area contributed by atoms with Crippen molar-refractivity contribution in [3.05, 3.63) is 41.1 Å². The Morgan fingerprint density at radius 2 is 1.88 bits per heavy atom. The lowest BCUT2D eigenvalue weighted by atomic mass is 10.0. The highest BCUT2D eigenvalue weighted by atomic mass is 19.4. The van der Waals surface area contributed by atoms with E-state index in [9.17, 15) is 22.8 Å². The number of hydrogen-bond acceptors (Lipinski definition) is 4. The molecule has 1 heterocycles. The van der Waals surface area contributed by atoms with E-state index >= 15 is 0 Å². The Labute approximate surface area is 135 Å². The molecule has 8 heteroatoms. The van der Waals surface area contributed by atoms with Gasteiger partial charge in [0.2, 0.25) is 0 Å².